The molecule has 0 aliphatic carbocycles. The van der Waals surface area contributed by atoms with Crippen LogP contribution in [0.3, 0.4) is 0 Å². The summed E-state index contributed by atoms with van der Waals surface area (Å²) in [6, 6.07) is 5.77. The van der Waals surface area contributed by atoms with Gasteiger partial charge in [-0.05, 0) is 31.5 Å². The van der Waals surface area contributed by atoms with Crippen molar-refractivity contribution in [1.82, 2.24) is 20.0 Å². The van der Waals surface area contributed by atoms with Gasteiger partial charge in [-0.2, -0.15) is 5.10 Å². The molecule has 0 radical (unpaired) electrons. The fourth-order valence-corrected chi connectivity index (χ4v) is 3.58. The summed E-state index contributed by atoms with van der Waals surface area (Å²) in [6.07, 6.45) is 3.11. The molecule has 3 rings (SSSR count). The van der Waals surface area contributed by atoms with Gasteiger partial charge in [-0.15, -0.1) is 0 Å². The van der Waals surface area contributed by atoms with E-state index in [-0.39, 0.29) is 11.9 Å². The molecule has 5 nitrogen and oxygen atoms in total. The summed E-state index contributed by atoms with van der Waals surface area (Å²) in [4.78, 5) is 14.3. The minimum Gasteiger partial charge on any atom is -0.358 e. The first kappa shape index (κ1) is 15.3. The van der Waals surface area contributed by atoms with Gasteiger partial charge >= 0.3 is 0 Å². The van der Waals surface area contributed by atoms with E-state index in [1.165, 1.54) is 0 Å². The number of carbonyl (C=O) groups excluding carboxylic acids is 1. The second-order valence-electron chi connectivity index (χ2n) is 5.80. The number of hydrogen-bond donors (Lipinski definition) is 1. The molecule has 2 heterocycles. The van der Waals surface area contributed by atoms with Gasteiger partial charge in [0.15, 0.2) is 0 Å². The Morgan fingerprint density at radius 1 is 1.45 bits per heavy atom. The Labute approximate surface area is 135 Å². The SMILES string of the molecule is CNC(=O)[C@H]1CCCCN1Cc1nn(C)c2cccc(Cl)c12. The van der Waals surface area contributed by atoms with E-state index < -0.39 is 0 Å². The van der Waals surface area contributed by atoms with E-state index >= 15 is 0 Å². The van der Waals surface area contributed by atoms with Gasteiger partial charge in [0.2, 0.25) is 5.91 Å². The van der Waals surface area contributed by atoms with Crippen LogP contribution < -0.4 is 5.32 Å². The van der Waals surface area contributed by atoms with E-state index in [1.54, 1.807) is 7.05 Å². The van der Waals surface area contributed by atoms with E-state index in [2.05, 4.69) is 15.3 Å². The third kappa shape index (κ3) is 2.71. The monoisotopic (exact) mass is 320 g/mol. The van der Waals surface area contributed by atoms with E-state index in [9.17, 15) is 4.79 Å². The van der Waals surface area contributed by atoms with Crippen molar-refractivity contribution in [2.45, 2.75) is 31.8 Å². The second kappa shape index (κ2) is 6.26. The maximum atomic E-state index is 12.1. The smallest absolute Gasteiger partial charge is 0.237 e. The molecule has 1 aromatic carbocycles. The number of likely N-dealkylation sites (tertiary alicyclic amines) is 1. The molecule has 6 heteroatoms. The number of carbonyl (C=O) groups is 1. The molecule has 1 fully saturated rings. The number of aryl methyl sites for hydroxylation is 1. The van der Waals surface area contributed by atoms with Crippen molar-refractivity contribution in [3.63, 3.8) is 0 Å². The Kier molecular flexibility index (Phi) is 4.36. The summed E-state index contributed by atoms with van der Waals surface area (Å²) >= 11 is 6.37. The summed E-state index contributed by atoms with van der Waals surface area (Å²) in [6.45, 7) is 1.57. The molecule has 0 bridgehead atoms. The van der Waals surface area contributed by atoms with Crippen molar-refractivity contribution >= 4 is 28.4 Å². The zero-order valence-electron chi connectivity index (χ0n) is 13.0. The first-order valence-corrected chi connectivity index (χ1v) is 8.05. The number of halogens is 1. The molecule has 1 N–H and O–H groups in total. The first-order chi connectivity index (χ1) is 10.6. The van der Waals surface area contributed by atoms with Crippen LogP contribution in [-0.2, 0) is 18.4 Å². The normalized spacial score (nSPS) is 19.5. The van der Waals surface area contributed by atoms with Crippen molar-refractivity contribution in [1.29, 1.82) is 0 Å². The topological polar surface area (TPSA) is 50.2 Å². The van der Waals surface area contributed by atoms with Gasteiger partial charge in [-0.25, -0.2) is 0 Å². The van der Waals surface area contributed by atoms with E-state index in [4.69, 9.17) is 11.6 Å². The molecule has 1 aliphatic rings. The Morgan fingerprint density at radius 2 is 2.27 bits per heavy atom. The molecule has 2 aromatic rings. The fraction of sp³-hybridized carbons (Fsp3) is 0.500. The number of piperidine rings is 1. The van der Waals surface area contributed by atoms with Crippen molar-refractivity contribution < 1.29 is 4.79 Å². The second-order valence-corrected chi connectivity index (χ2v) is 6.21. The summed E-state index contributed by atoms with van der Waals surface area (Å²) in [5.74, 6) is 0.0889. The zero-order valence-corrected chi connectivity index (χ0v) is 13.7. The number of hydrogen-bond acceptors (Lipinski definition) is 3. The summed E-state index contributed by atoms with van der Waals surface area (Å²) in [5, 5.41) is 9.11. The van der Waals surface area contributed by atoms with Gasteiger partial charge in [0.1, 0.15) is 0 Å². The number of fused-ring (bicyclic) bond motifs is 1. The van der Waals surface area contributed by atoms with Crippen LogP contribution in [0.1, 0.15) is 25.0 Å². The van der Waals surface area contributed by atoms with E-state index in [0.717, 1.165) is 42.4 Å². The van der Waals surface area contributed by atoms with Crippen molar-refractivity contribution in [3.8, 4) is 0 Å². The molecule has 118 valence electrons. The van der Waals surface area contributed by atoms with Crippen LogP contribution in [0, 0.1) is 0 Å². The van der Waals surface area contributed by atoms with Crippen molar-refractivity contribution in [2.24, 2.45) is 7.05 Å². The highest BCUT2D eigenvalue weighted by Gasteiger charge is 2.29. The highest BCUT2D eigenvalue weighted by atomic mass is 35.5. The van der Waals surface area contributed by atoms with Crippen LogP contribution in [0.5, 0.6) is 0 Å². The largest absolute Gasteiger partial charge is 0.358 e. The predicted molar refractivity (Wildman–Crippen MR) is 87.8 cm³/mol. The Hall–Kier alpha value is -1.59. The predicted octanol–water partition coefficient (Wildman–Crippen LogP) is 2.33. The van der Waals surface area contributed by atoms with Gasteiger partial charge in [0.05, 0.1) is 22.3 Å². The lowest BCUT2D eigenvalue weighted by Gasteiger charge is -2.33. The quantitative estimate of drug-likeness (QED) is 0.944. The van der Waals surface area contributed by atoms with Gasteiger partial charge in [-0.3, -0.25) is 14.4 Å². The molecule has 1 aromatic heterocycles. The van der Waals surface area contributed by atoms with Crippen LogP contribution in [0.15, 0.2) is 18.2 Å². The standard InChI is InChI=1S/C16H21ClN4O/c1-18-16(22)14-7-3-4-9-21(14)10-12-15-11(17)6-5-8-13(15)20(2)19-12/h5-6,8,14H,3-4,7,9-10H2,1-2H3,(H,18,22)/t14-/m1/s1. The molecule has 1 saturated heterocycles. The molecule has 1 atom stereocenters. The van der Waals surface area contributed by atoms with Crippen LogP contribution in [0.4, 0.5) is 0 Å². The molecule has 1 amide bonds. The zero-order chi connectivity index (χ0) is 15.7. The molecule has 0 spiro atoms. The van der Waals surface area contributed by atoms with Gasteiger partial charge in [-0.1, -0.05) is 24.1 Å². The highest BCUT2D eigenvalue weighted by Crippen LogP contribution is 2.28. The van der Waals surface area contributed by atoms with Gasteiger partial charge < -0.3 is 5.32 Å². The molecular formula is C16H21ClN4O. The fourth-order valence-electron chi connectivity index (χ4n) is 3.30. The average molecular weight is 321 g/mol. The van der Waals surface area contributed by atoms with Gasteiger partial charge in [0, 0.05) is 26.0 Å². The first-order valence-electron chi connectivity index (χ1n) is 7.67. The lowest BCUT2D eigenvalue weighted by Crippen LogP contribution is -2.48. The number of benzene rings is 1. The number of rotatable bonds is 3. The lowest BCUT2D eigenvalue weighted by atomic mass is 10.0. The summed E-state index contributed by atoms with van der Waals surface area (Å²) in [5.41, 5.74) is 1.97. The minimum absolute atomic E-state index is 0.0710. The summed E-state index contributed by atoms with van der Waals surface area (Å²) in [7, 11) is 3.62. The Bertz CT molecular complexity index is 697. The number of nitrogens with zero attached hydrogens (tertiary/aromatic N) is 3. The van der Waals surface area contributed by atoms with Crippen LogP contribution in [0.2, 0.25) is 5.02 Å². The highest BCUT2D eigenvalue weighted by molar-refractivity contribution is 6.35. The third-order valence-electron chi connectivity index (χ3n) is 4.42. The lowest BCUT2D eigenvalue weighted by molar-refractivity contribution is -0.127. The number of nitrogens with one attached hydrogen (secondary N) is 1. The maximum Gasteiger partial charge on any atom is 0.237 e. The van der Waals surface area contributed by atoms with Crippen LogP contribution in [0.25, 0.3) is 10.9 Å². The van der Waals surface area contributed by atoms with Crippen LogP contribution in [-0.4, -0.2) is 40.2 Å². The minimum atomic E-state index is -0.0710. The molecular weight excluding hydrogens is 300 g/mol. The Morgan fingerprint density at radius 3 is 3.05 bits per heavy atom. The number of aromatic nitrogens is 2. The van der Waals surface area contributed by atoms with Crippen molar-refractivity contribution in [2.75, 3.05) is 13.6 Å². The molecule has 22 heavy (non-hydrogen) atoms. The van der Waals surface area contributed by atoms with Gasteiger partial charge in [0.25, 0.3) is 0 Å². The molecule has 1 aliphatic heterocycles. The number of amides is 1. The molecule has 0 unspecified atom stereocenters. The Balaban J connectivity index is 1.93. The van der Waals surface area contributed by atoms with E-state index in [1.807, 2.05) is 29.9 Å². The van der Waals surface area contributed by atoms with Crippen molar-refractivity contribution in [3.05, 3.63) is 28.9 Å². The maximum absolute atomic E-state index is 12.1. The summed E-state index contributed by atoms with van der Waals surface area (Å²) < 4.78 is 1.86. The van der Waals surface area contributed by atoms with E-state index in [0.29, 0.717) is 11.6 Å². The number of likely N-dealkylation sites (N-methyl/N-ethyl adjacent to an activating group) is 1. The van der Waals surface area contributed by atoms with Crippen LogP contribution >= 0.6 is 11.6 Å². The third-order valence-corrected chi connectivity index (χ3v) is 4.73. The average Bonchev–Trinajstić information content (AvgIpc) is 2.85. The molecule has 0 saturated carbocycles.